The number of rotatable bonds is 9. The van der Waals surface area contributed by atoms with E-state index < -0.39 is 23.6 Å². The van der Waals surface area contributed by atoms with Gasteiger partial charge in [0.15, 0.2) is 0 Å². The molecule has 2 aromatic heterocycles. The first-order valence-corrected chi connectivity index (χ1v) is 19.6. The lowest BCUT2D eigenvalue weighted by Gasteiger charge is -2.30. The van der Waals surface area contributed by atoms with Crippen LogP contribution in [0.5, 0.6) is 0 Å². The molecule has 3 N–H and O–H groups in total. The van der Waals surface area contributed by atoms with E-state index in [2.05, 4.69) is 25.3 Å². The SMILES string of the molecule is COC(=O)N[C@H](C(=O)N1CCC[C@H]1c1ncc(-c2cc(F)c(-c3ccc(-c4cnc([C@@H]5CCCN5C(=O)OC(C)(C)C)[nH]4)cc3)c(-c3ccccc3)c2)[nH]1)C(C)C. The molecule has 4 heterocycles. The zero-order chi connectivity index (χ0) is 40.4. The summed E-state index contributed by atoms with van der Waals surface area (Å²) in [5.74, 6) is 0.557. The molecular formula is C44H50FN7O5. The molecule has 3 atom stereocenters. The standard InChI is InChI=1S/C44H50FN7O5/c1-26(2)38(50-42(54)56-6)41(53)51-20-10-14-35(51)39-47-25-34(49-39)30-22-31(27-12-8-7-9-13-27)37(32(45)23-30)29-18-16-28(17-19-29)33-24-46-40(48-33)36-15-11-21-52(36)43(55)57-44(3,4)5/h7-9,12-13,16-19,22-26,35-36,38H,10-11,14-15,20-21H2,1-6H3,(H,46,48)(H,47,49)(H,50,54)/t35-,36-,38-/m0/s1. The van der Waals surface area contributed by atoms with Crippen LogP contribution in [-0.2, 0) is 14.3 Å². The molecule has 57 heavy (non-hydrogen) atoms. The van der Waals surface area contributed by atoms with Crippen LogP contribution in [0.15, 0.2) is 79.1 Å². The highest BCUT2D eigenvalue weighted by molar-refractivity contribution is 5.88. The van der Waals surface area contributed by atoms with Crippen LogP contribution in [-0.4, -0.2) is 79.7 Å². The van der Waals surface area contributed by atoms with Gasteiger partial charge in [0, 0.05) is 24.2 Å². The van der Waals surface area contributed by atoms with Crippen molar-refractivity contribution >= 4 is 18.1 Å². The first-order valence-electron chi connectivity index (χ1n) is 19.6. The van der Waals surface area contributed by atoms with Crippen LogP contribution in [0.4, 0.5) is 14.0 Å². The Morgan fingerprint density at radius 3 is 1.98 bits per heavy atom. The van der Waals surface area contributed by atoms with Gasteiger partial charge in [-0.15, -0.1) is 0 Å². The number of carbonyl (C=O) groups excluding carboxylic acids is 3. The molecular weight excluding hydrogens is 726 g/mol. The van der Waals surface area contributed by atoms with Gasteiger partial charge in [-0.25, -0.2) is 23.9 Å². The van der Waals surface area contributed by atoms with E-state index in [-0.39, 0.29) is 30.0 Å². The van der Waals surface area contributed by atoms with E-state index in [4.69, 9.17) is 9.47 Å². The molecule has 7 rings (SSSR count). The van der Waals surface area contributed by atoms with Gasteiger partial charge >= 0.3 is 12.2 Å². The molecule has 12 nitrogen and oxygen atoms in total. The summed E-state index contributed by atoms with van der Waals surface area (Å²) in [4.78, 5) is 58.2. The number of alkyl carbamates (subject to hydrolysis) is 1. The highest BCUT2D eigenvalue weighted by atomic mass is 19.1. The number of hydrogen-bond acceptors (Lipinski definition) is 7. The molecule has 3 aromatic carbocycles. The number of hydrogen-bond donors (Lipinski definition) is 3. The molecule has 13 heteroatoms. The first-order chi connectivity index (χ1) is 27.3. The Kier molecular flexibility index (Phi) is 11.2. The normalized spacial score (nSPS) is 17.5. The van der Waals surface area contributed by atoms with Crippen LogP contribution in [0.1, 0.15) is 84.0 Å². The highest BCUT2D eigenvalue weighted by Gasteiger charge is 2.38. The van der Waals surface area contributed by atoms with Crippen LogP contribution in [0.25, 0.3) is 44.8 Å². The lowest BCUT2D eigenvalue weighted by molar-refractivity contribution is -0.135. The topological polar surface area (TPSA) is 146 Å². The molecule has 0 bridgehead atoms. The Morgan fingerprint density at radius 1 is 0.807 bits per heavy atom. The zero-order valence-electron chi connectivity index (χ0n) is 33.3. The number of nitrogens with one attached hydrogen (secondary N) is 3. The van der Waals surface area contributed by atoms with Crippen LogP contribution in [0.3, 0.4) is 0 Å². The van der Waals surface area contributed by atoms with Crippen molar-refractivity contribution in [2.75, 3.05) is 20.2 Å². The summed E-state index contributed by atoms with van der Waals surface area (Å²) in [5.41, 5.74) is 5.06. The maximum atomic E-state index is 16.6. The maximum absolute atomic E-state index is 16.6. The average Bonchev–Trinajstić information content (AvgIpc) is 4.02. The van der Waals surface area contributed by atoms with Gasteiger partial charge in [0.2, 0.25) is 5.91 Å². The number of aromatic amines is 2. The summed E-state index contributed by atoms with van der Waals surface area (Å²) in [6.07, 6.45) is 5.57. The molecule has 0 spiro atoms. The van der Waals surface area contributed by atoms with E-state index in [1.165, 1.54) is 13.2 Å². The fraction of sp³-hybridized carbons (Fsp3) is 0.386. The predicted octanol–water partition coefficient (Wildman–Crippen LogP) is 9.06. The van der Waals surface area contributed by atoms with Gasteiger partial charge in [0.25, 0.3) is 0 Å². The largest absolute Gasteiger partial charge is 0.453 e. The molecule has 0 radical (unpaired) electrons. The van der Waals surface area contributed by atoms with Crippen LogP contribution in [0, 0.1) is 11.7 Å². The summed E-state index contributed by atoms with van der Waals surface area (Å²) >= 11 is 0. The molecule has 2 aliphatic rings. The second-order valence-corrected chi connectivity index (χ2v) is 16.1. The van der Waals surface area contributed by atoms with Gasteiger partial charge in [0.1, 0.15) is 29.1 Å². The summed E-state index contributed by atoms with van der Waals surface area (Å²) in [6, 6.07) is 19.6. The van der Waals surface area contributed by atoms with Crippen LogP contribution in [0.2, 0.25) is 0 Å². The summed E-state index contributed by atoms with van der Waals surface area (Å²) in [6.45, 7) is 10.5. The van der Waals surface area contributed by atoms with Crippen molar-refractivity contribution in [1.29, 1.82) is 0 Å². The van der Waals surface area contributed by atoms with Gasteiger partial charge in [-0.2, -0.15) is 0 Å². The number of imidazole rings is 2. The smallest absolute Gasteiger partial charge is 0.410 e. The molecule has 5 aromatic rings. The molecule has 2 aliphatic heterocycles. The second-order valence-electron chi connectivity index (χ2n) is 16.1. The molecule has 0 saturated carbocycles. The molecule has 2 fully saturated rings. The lowest BCUT2D eigenvalue weighted by Crippen LogP contribution is -2.51. The molecule has 3 amide bonds. The highest BCUT2D eigenvalue weighted by Crippen LogP contribution is 2.40. The van der Waals surface area contributed by atoms with Gasteiger partial charge in [-0.3, -0.25) is 9.69 Å². The number of H-pyrrole nitrogens is 2. The molecule has 0 aliphatic carbocycles. The van der Waals surface area contributed by atoms with Crippen LogP contribution >= 0.6 is 0 Å². The minimum Gasteiger partial charge on any atom is -0.453 e. The van der Waals surface area contributed by atoms with Crippen molar-refractivity contribution < 1.29 is 28.2 Å². The van der Waals surface area contributed by atoms with Crippen molar-refractivity contribution in [1.82, 2.24) is 35.1 Å². The van der Waals surface area contributed by atoms with E-state index in [1.807, 2.05) is 95.3 Å². The number of aromatic nitrogens is 4. The fourth-order valence-electron chi connectivity index (χ4n) is 7.81. The summed E-state index contributed by atoms with van der Waals surface area (Å²) in [7, 11) is 1.27. The third-order valence-electron chi connectivity index (χ3n) is 10.6. The van der Waals surface area contributed by atoms with Crippen molar-refractivity contribution in [3.8, 4) is 44.8 Å². The quantitative estimate of drug-likeness (QED) is 0.135. The van der Waals surface area contributed by atoms with Crippen LogP contribution < -0.4 is 5.32 Å². The monoisotopic (exact) mass is 775 g/mol. The number of nitrogens with zero attached hydrogens (tertiary/aromatic N) is 4. The van der Waals surface area contributed by atoms with Crippen molar-refractivity contribution in [3.05, 3.63) is 96.6 Å². The summed E-state index contributed by atoms with van der Waals surface area (Å²) in [5, 5.41) is 2.68. The van der Waals surface area contributed by atoms with Crippen molar-refractivity contribution in [3.63, 3.8) is 0 Å². The van der Waals surface area contributed by atoms with Gasteiger partial charge < -0.3 is 29.7 Å². The first kappa shape index (κ1) is 39.3. The number of ether oxygens (including phenoxy) is 2. The van der Waals surface area contributed by atoms with E-state index in [0.717, 1.165) is 36.1 Å². The van der Waals surface area contributed by atoms with E-state index >= 15 is 4.39 Å². The predicted molar refractivity (Wildman–Crippen MR) is 215 cm³/mol. The fourth-order valence-corrected chi connectivity index (χ4v) is 7.81. The number of likely N-dealkylation sites (tertiary alicyclic amines) is 2. The molecule has 298 valence electrons. The Morgan fingerprint density at radius 2 is 1.39 bits per heavy atom. The number of benzene rings is 3. The Balaban J connectivity index is 1.15. The minimum absolute atomic E-state index is 0.155. The Bertz CT molecular complexity index is 2230. The molecule has 2 saturated heterocycles. The number of methoxy groups -OCH3 is 1. The number of carbonyl (C=O) groups is 3. The zero-order valence-corrected chi connectivity index (χ0v) is 33.3. The Hall–Kier alpha value is -5.98. The van der Waals surface area contributed by atoms with E-state index in [0.29, 0.717) is 59.1 Å². The van der Waals surface area contributed by atoms with E-state index in [9.17, 15) is 14.4 Å². The van der Waals surface area contributed by atoms with Gasteiger partial charge in [-0.1, -0.05) is 68.4 Å². The lowest BCUT2D eigenvalue weighted by atomic mass is 9.91. The maximum Gasteiger partial charge on any atom is 0.410 e. The van der Waals surface area contributed by atoms with Crippen molar-refractivity contribution in [2.45, 2.75) is 84.0 Å². The Labute approximate surface area is 332 Å². The third kappa shape index (κ3) is 8.42. The average molecular weight is 776 g/mol. The third-order valence-corrected chi connectivity index (χ3v) is 10.6. The minimum atomic E-state index is -0.748. The van der Waals surface area contributed by atoms with Gasteiger partial charge in [0.05, 0.1) is 43.0 Å². The van der Waals surface area contributed by atoms with E-state index in [1.54, 1.807) is 22.2 Å². The molecule has 0 unspecified atom stereocenters. The number of halogens is 1. The van der Waals surface area contributed by atoms with Gasteiger partial charge in [-0.05, 0) is 86.8 Å². The number of amides is 3. The van der Waals surface area contributed by atoms with Crippen molar-refractivity contribution in [2.24, 2.45) is 5.92 Å². The second kappa shape index (κ2) is 16.2. The summed E-state index contributed by atoms with van der Waals surface area (Å²) < 4.78 is 27.0.